The Morgan fingerprint density at radius 2 is 2.47 bits per heavy atom. The van der Waals surface area contributed by atoms with Gasteiger partial charge in [0.25, 0.3) is 0 Å². The average Bonchev–Trinajstić information content (AvgIpc) is 2.18. The van der Waals surface area contributed by atoms with Crippen molar-refractivity contribution in [3.8, 4) is 0 Å². The van der Waals surface area contributed by atoms with Crippen molar-refractivity contribution in [1.82, 2.24) is 9.97 Å². The van der Waals surface area contributed by atoms with Crippen LogP contribution < -0.4 is 11.1 Å². The second kappa shape index (κ2) is 4.85. The number of nitrogens with two attached hydrogens (primary N) is 1. The quantitative estimate of drug-likeness (QED) is 0.612. The number of carbonyl (C=O) groups excluding carboxylic acids is 1. The largest absolute Gasteiger partial charge is 0.381 e. The number of carbonyl (C=O) groups is 1. The van der Waals surface area contributed by atoms with Crippen LogP contribution in [0.15, 0.2) is 6.20 Å². The standard InChI is InChI=1S/C7H8ClFN4O2/c8-7-12-1-3(9)6(13-7)11-2-4(14)5(10)15/h1,4,14H,2H2,(H2,10,15)(H,11,12,13). The van der Waals surface area contributed by atoms with Crippen LogP contribution >= 0.6 is 11.6 Å². The van der Waals surface area contributed by atoms with E-state index in [-0.39, 0.29) is 17.6 Å². The van der Waals surface area contributed by atoms with Crippen molar-refractivity contribution in [2.24, 2.45) is 5.73 Å². The zero-order valence-electron chi connectivity index (χ0n) is 7.44. The van der Waals surface area contributed by atoms with Crippen molar-refractivity contribution < 1.29 is 14.3 Å². The molecule has 6 nitrogen and oxygen atoms in total. The van der Waals surface area contributed by atoms with Crippen molar-refractivity contribution in [3.63, 3.8) is 0 Å². The van der Waals surface area contributed by atoms with Crippen molar-refractivity contribution in [3.05, 3.63) is 17.3 Å². The summed E-state index contributed by atoms with van der Waals surface area (Å²) in [5.74, 6) is -1.85. The van der Waals surface area contributed by atoms with Crippen molar-refractivity contribution in [2.45, 2.75) is 6.10 Å². The maximum absolute atomic E-state index is 13.0. The molecule has 82 valence electrons. The molecule has 0 fully saturated rings. The van der Waals surface area contributed by atoms with Gasteiger partial charge in [-0.3, -0.25) is 4.79 Å². The molecule has 15 heavy (non-hydrogen) atoms. The van der Waals surface area contributed by atoms with Gasteiger partial charge in [0.1, 0.15) is 6.10 Å². The molecule has 0 saturated heterocycles. The molecule has 0 aromatic carbocycles. The fraction of sp³-hybridized carbons (Fsp3) is 0.286. The predicted octanol–water partition coefficient (Wildman–Crippen LogP) is -0.473. The van der Waals surface area contributed by atoms with Crippen LogP contribution in [-0.4, -0.2) is 33.6 Å². The lowest BCUT2D eigenvalue weighted by atomic mass is 10.3. The lowest BCUT2D eigenvalue weighted by Crippen LogP contribution is -2.34. The van der Waals surface area contributed by atoms with Gasteiger partial charge in [0.05, 0.1) is 12.7 Å². The number of nitrogens with zero attached hydrogens (tertiary/aromatic N) is 2. The van der Waals surface area contributed by atoms with Crippen LogP contribution in [0.25, 0.3) is 0 Å². The summed E-state index contributed by atoms with van der Waals surface area (Å²) in [5, 5.41) is 11.2. The van der Waals surface area contributed by atoms with Crippen LogP contribution in [0, 0.1) is 5.82 Å². The van der Waals surface area contributed by atoms with E-state index in [1.807, 2.05) is 0 Å². The van der Waals surface area contributed by atoms with E-state index in [1.165, 1.54) is 0 Å². The number of halogens is 2. The third-order valence-corrected chi connectivity index (χ3v) is 1.69. The van der Waals surface area contributed by atoms with Crippen molar-refractivity contribution in [2.75, 3.05) is 11.9 Å². The summed E-state index contributed by atoms with van der Waals surface area (Å²) in [6, 6.07) is 0. The molecule has 1 aromatic rings. The van der Waals surface area contributed by atoms with Gasteiger partial charge < -0.3 is 16.2 Å². The fourth-order valence-corrected chi connectivity index (χ4v) is 0.897. The molecule has 0 bridgehead atoms. The van der Waals surface area contributed by atoms with Crippen LogP contribution in [0.5, 0.6) is 0 Å². The van der Waals surface area contributed by atoms with E-state index in [9.17, 15) is 9.18 Å². The Balaban J connectivity index is 2.65. The van der Waals surface area contributed by atoms with Crippen LogP contribution in [-0.2, 0) is 4.79 Å². The average molecular weight is 235 g/mol. The highest BCUT2D eigenvalue weighted by molar-refractivity contribution is 6.28. The molecule has 0 saturated carbocycles. The maximum atomic E-state index is 13.0. The minimum atomic E-state index is -1.42. The number of nitrogens with one attached hydrogen (secondary N) is 1. The molecule has 1 unspecified atom stereocenters. The zero-order valence-corrected chi connectivity index (χ0v) is 8.20. The third-order valence-electron chi connectivity index (χ3n) is 1.51. The fourth-order valence-electron chi connectivity index (χ4n) is 0.764. The molecule has 1 heterocycles. The molecular formula is C7H8ClFN4O2. The van der Waals surface area contributed by atoms with Crippen LogP contribution in [0.3, 0.4) is 0 Å². The Labute approximate surface area is 89.3 Å². The van der Waals surface area contributed by atoms with Crippen LogP contribution in [0.4, 0.5) is 10.2 Å². The molecular weight excluding hydrogens is 227 g/mol. The molecule has 0 aliphatic carbocycles. The molecule has 4 N–H and O–H groups in total. The van der Waals surface area contributed by atoms with Gasteiger partial charge in [-0.2, -0.15) is 4.98 Å². The lowest BCUT2D eigenvalue weighted by molar-refractivity contribution is -0.125. The monoisotopic (exact) mass is 234 g/mol. The zero-order chi connectivity index (χ0) is 11.4. The number of anilines is 1. The Morgan fingerprint density at radius 3 is 3.07 bits per heavy atom. The number of aliphatic hydroxyl groups is 1. The van der Waals surface area contributed by atoms with E-state index < -0.39 is 17.8 Å². The molecule has 0 aliphatic rings. The summed E-state index contributed by atoms with van der Waals surface area (Å²) in [7, 11) is 0. The summed E-state index contributed by atoms with van der Waals surface area (Å²) in [4.78, 5) is 17.3. The summed E-state index contributed by atoms with van der Waals surface area (Å²) < 4.78 is 13.0. The van der Waals surface area contributed by atoms with Crippen molar-refractivity contribution in [1.29, 1.82) is 0 Å². The van der Waals surface area contributed by atoms with Gasteiger partial charge >= 0.3 is 0 Å². The summed E-state index contributed by atoms with van der Waals surface area (Å²) >= 11 is 5.41. The van der Waals surface area contributed by atoms with E-state index in [4.69, 9.17) is 22.4 Å². The maximum Gasteiger partial charge on any atom is 0.248 e. The number of primary amides is 1. The number of hydrogen-bond donors (Lipinski definition) is 3. The highest BCUT2D eigenvalue weighted by Crippen LogP contribution is 2.11. The van der Waals surface area contributed by atoms with Gasteiger partial charge in [-0.15, -0.1) is 0 Å². The van der Waals surface area contributed by atoms with E-state index in [1.54, 1.807) is 0 Å². The first-order valence-electron chi connectivity index (χ1n) is 3.90. The highest BCUT2D eigenvalue weighted by Gasteiger charge is 2.12. The SMILES string of the molecule is NC(=O)C(O)CNc1nc(Cl)ncc1F. The summed E-state index contributed by atoms with van der Waals surface area (Å²) in [6.45, 7) is -0.250. The number of hydrogen-bond acceptors (Lipinski definition) is 5. The summed E-state index contributed by atoms with van der Waals surface area (Å²) in [6.07, 6.45) is -0.549. The van der Waals surface area contributed by atoms with E-state index >= 15 is 0 Å². The minimum absolute atomic E-state index is 0.146. The van der Waals surface area contributed by atoms with Gasteiger partial charge in [-0.25, -0.2) is 9.37 Å². The molecule has 1 aromatic heterocycles. The van der Waals surface area contributed by atoms with Crippen molar-refractivity contribution >= 4 is 23.3 Å². The van der Waals surface area contributed by atoms with Gasteiger partial charge in [-0.1, -0.05) is 0 Å². The minimum Gasteiger partial charge on any atom is -0.381 e. The Bertz CT molecular complexity index is 376. The lowest BCUT2D eigenvalue weighted by Gasteiger charge is -2.09. The smallest absolute Gasteiger partial charge is 0.248 e. The molecule has 0 spiro atoms. The van der Waals surface area contributed by atoms with Crippen LogP contribution in [0.2, 0.25) is 5.28 Å². The second-order valence-corrected chi connectivity index (χ2v) is 2.97. The summed E-state index contributed by atoms with van der Waals surface area (Å²) in [5.41, 5.74) is 4.79. The Kier molecular flexibility index (Phi) is 3.75. The van der Waals surface area contributed by atoms with E-state index in [0.717, 1.165) is 6.20 Å². The Morgan fingerprint density at radius 1 is 1.80 bits per heavy atom. The normalized spacial score (nSPS) is 12.2. The van der Waals surface area contributed by atoms with Gasteiger partial charge in [0.2, 0.25) is 11.2 Å². The molecule has 1 amide bonds. The molecule has 1 atom stereocenters. The van der Waals surface area contributed by atoms with Gasteiger partial charge in [-0.05, 0) is 11.6 Å². The van der Waals surface area contributed by atoms with E-state index in [0.29, 0.717) is 0 Å². The topological polar surface area (TPSA) is 101 Å². The molecule has 0 radical (unpaired) electrons. The third kappa shape index (κ3) is 3.30. The molecule has 8 heteroatoms. The number of aliphatic hydroxyl groups excluding tert-OH is 1. The molecule has 0 aliphatic heterocycles. The Hall–Kier alpha value is -1.47. The second-order valence-electron chi connectivity index (χ2n) is 2.63. The first-order chi connectivity index (χ1) is 7.00. The van der Waals surface area contributed by atoms with Gasteiger partial charge in [0, 0.05) is 0 Å². The number of rotatable bonds is 4. The highest BCUT2D eigenvalue weighted by atomic mass is 35.5. The van der Waals surface area contributed by atoms with Crippen LogP contribution in [0.1, 0.15) is 0 Å². The first kappa shape index (κ1) is 11.6. The van der Waals surface area contributed by atoms with Gasteiger partial charge in [0.15, 0.2) is 11.6 Å². The predicted molar refractivity (Wildman–Crippen MR) is 50.7 cm³/mol. The van der Waals surface area contributed by atoms with E-state index in [2.05, 4.69) is 15.3 Å². The first-order valence-corrected chi connectivity index (χ1v) is 4.28. The number of aromatic nitrogens is 2. The molecule has 1 rings (SSSR count). The number of amides is 1.